The molecule has 2 aromatic carbocycles. The molecule has 1 fully saturated rings. The van der Waals surface area contributed by atoms with Gasteiger partial charge in [-0.1, -0.05) is 19.1 Å². The lowest BCUT2D eigenvalue weighted by Gasteiger charge is -2.40. The van der Waals surface area contributed by atoms with Crippen molar-refractivity contribution >= 4 is 11.4 Å². The molecule has 0 saturated carbocycles. The molecule has 1 N–H and O–H groups in total. The van der Waals surface area contributed by atoms with Gasteiger partial charge in [0.25, 0.3) is 0 Å². The molecule has 5 rings (SSSR count). The van der Waals surface area contributed by atoms with E-state index < -0.39 is 6.86 Å². The van der Waals surface area contributed by atoms with E-state index in [0.717, 1.165) is 48.7 Å². The van der Waals surface area contributed by atoms with E-state index in [2.05, 4.69) is 21.7 Å². The quantitative estimate of drug-likeness (QED) is 0.511. The van der Waals surface area contributed by atoms with E-state index in [1.807, 2.05) is 24.3 Å². The summed E-state index contributed by atoms with van der Waals surface area (Å²) in [5.74, 6) is 1.92. The number of nitrogens with zero attached hydrogens (tertiary/aromatic N) is 3. The summed E-state index contributed by atoms with van der Waals surface area (Å²) in [6.07, 6.45) is 4.84. The van der Waals surface area contributed by atoms with Crippen LogP contribution in [0.2, 0.25) is 0 Å². The molecular formula is C26H28FN3O4. The second-order valence-corrected chi connectivity index (χ2v) is 8.55. The lowest BCUT2D eigenvalue weighted by atomic mass is 10.0. The number of halogens is 1. The van der Waals surface area contributed by atoms with Crippen LogP contribution in [0.15, 0.2) is 60.9 Å². The van der Waals surface area contributed by atoms with Gasteiger partial charge in [0, 0.05) is 25.2 Å². The maximum absolute atomic E-state index is 12.5. The summed E-state index contributed by atoms with van der Waals surface area (Å²) in [5.41, 5.74) is 2.65. The fourth-order valence-corrected chi connectivity index (χ4v) is 4.53. The molecule has 3 heterocycles. The number of aromatic hydroxyl groups is 1. The third-order valence-corrected chi connectivity index (χ3v) is 6.14. The summed E-state index contributed by atoms with van der Waals surface area (Å²) in [6.45, 7) is 4.61. The number of rotatable bonds is 8. The molecule has 3 aromatic rings. The number of fused-ring (bicyclic) bond motifs is 1. The molecule has 1 saturated heterocycles. The average molecular weight is 466 g/mol. The Morgan fingerprint density at radius 3 is 2.68 bits per heavy atom. The summed E-state index contributed by atoms with van der Waals surface area (Å²) in [7, 11) is 0. The summed E-state index contributed by atoms with van der Waals surface area (Å²) in [6, 6.07) is 14.2. The number of hydrogen-bond donors (Lipinski definition) is 1. The second kappa shape index (κ2) is 9.77. The van der Waals surface area contributed by atoms with Gasteiger partial charge in [-0.3, -0.25) is 9.88 Å². The van der Waals surface area contributed by atoms with Crippen LogP contribution in [0, 0.1) is 0 Å². The predicted octanol–water partition coefficient (Wildman–Crippen LogP) is 4.84. The van der Waals surface area contributed by atoms with E-state index in [4.69, 9.17) is 14.2 Å². The Kier molecular flexibility index (Phi) is 6.40. The molecule has 178 valence electrons. The molecule has 34 heavy (non-hydrogen) atoms. The Morgan fingerprint density at radius 2 is 1.91 bits per heavy atom. The van der Waals surface area contributed by atoms with Gasteiger partial charge in [-0.15, -0.1) is 0 Å². The molecular weight excluding hydrogens is 437 g/mol. The molecule has 8 heteroatoms. The number of benzene rings is 2. The van der Waals surface area contributed by atoms with Crippen LogP contribution in [-0.2, 0) is 0 Å². The van der Waals surface area contributed by atoms with Crippen molar-refractivity contribution in [1.29, 1.82) is 0 Å². The Hall–Kier alpha value is -3.52. The van der Waals surface area contributed by atoms with Gasteiger partial charge in [-0.05, 0) is 42.8 Å². The predicted molar refractivity (Wildman–Crippen MR) is 127 cm³/mol. The van der Waals surface area contributed by atoms with E-state index in [0.29, 0.717) is 18.1 Å². The van der Waals surface area contributed by atoms with Crippen LogP contribution in [0.4, 0.5) is 15.8 Å². The summed E-state index contributed by atoms with van der Waals surface area (Å²) in [5, 5.41) is 9.97. The van der Waals surface area contributed by atoms with Crippen molar-refractivity contribution in [3.63, 3.8) is 0 Å². The largest absolute Gasteiger partial charge is 0.508 e. The first-order valence-electron chi connectivity index (χ1n) is 11.5. The Labute approximate surface area is 198 Å². The SMILES string of the molecule is CCCN1CC(Oc2cncc(N3c4ccc(O)cc4OC[C@H]3c3ccc(OCF)cc3)c2)C1. The third kappa shape index (κ3) is 4.59. The summed E-state index contributed by atoms with van der Waals surface area (Å²) >= 11 is 0. The minimum atomic E-state index is -0.870. The van der Waals surface area contributed by atoms with E-state index in [9.17, 15) is 9.50 Å². The van der Waals surface area contributed by atoms with Crippen molar-refractivity contribution in [3.05, 3.63) is 66.5 Å². The van der Waals surface area contributed by atoms with Crippen LogP contribution in [0.25, 0.3) is 0 Å². The van der Waals surface area contributed by atoms with Gasteiger partial charge < -0.3 is 24.2 Å². The highest BCUT2D eigenvalue weighted by Crippen LogP contribution is 2.46. The van der Waals surface area contributed by atoms with E-state index in [1.54, 1.807) is 36.7 Å². The number of aromatic nitrogens is 1. The molecule has 7 nitrogen and oxygen atoms in total. The summed E-state index contributed by atoms with van der Waals surface area (Å²) in [4.78, 5) is 8.96. The molecule has 2 aliphatic rings. The molecule has 0 spiro atoms. The van der Waals surface area contributed by atoms with Crippen LogP contribution in [0.5, 0.6) is 23.0 Å². The Morgan fingerprint density at radius 1 is 1.09 bits per heavy atom. The Balaban J connectivity index is 1.45. The first kappa shape index (κ1) is 22.3. The number of phenols is 1. The van der Waals surface area contributed by atoms with Crippen molar-refractivity contribution in [1.82, 2.24) is 9.88 Å². The van der Waals surface area contributed by atoms with Crippen molar-refractivity contribution in [2.75, 3.05) is 38.0 Å². The maximum Gasteiger partial charge on any atom is 0.228 e. The van der Waals surface area contributed by atoms with Crippen molar-refractivity contribution in [3.8, 4) is 23.0 Å². The van der Waals surface area contributed by atoms with E-state index in [-0.39, 0.29) is 17.9 Å². The molecule has 0 unspecified atom stereocenters. The standard InChI is InChI=1S/C26H28FN3O4/c1-2-9-29-14-23(15-29)34-22-10-19(12-28-13-22)30-24-8-5-20(31)11-26(24)32-16-25(30)18-3-6-21(7-4-18)33-17-27/h3-8,10-13,23,25,31H,2,9,14-17H2,1H3/t25-/m0/s1. The highest BCUT2D eigenvalue weighted by molar-refractivity contribution is 5.73. The minimum absolute atomic E-state index is 0.140. The first-order valence-corrected chi connectivity index (χ1v) is 11.5. The number of phenolic OH excluding ortho intramolecular Hbond substituents is 1. The topological polar surface area (TPSA) is 67.3 Å². The molecule has 0 bridgehead atoms. The van der Waals surface area contributed by atoms with Crippen molar-refractivity contribution in [2.45, 2.75) is 25.5 Å². The zero-order chi connectivity index (χ0) is 23.5. The highest BCUT2D eigenvalue weighted by Gasteiger charge is 2.32. The maximum atomic E-state index is 12.5. The Bertz CT molecular complexity index is 1120. The normalized spacial score (nSPS) is 18.1. The molecule has 0 amide bonds. The smallest absolute Gasteiger partial charge is 0.228 e. The minimum Gasteiger partial charge on any atom is -0.508 e. The van der Waals surface area contributed by atoms with Crippen LogP contribution in [-0.4, -0.2) is 54.2 Å². The molecule has 2 aliphatic heterocycles. The monoisotopic (exact) mass is 465 g/mol. The first-order chi connectivity index (χ1) is 16.6. The number of alkyl halides is 1. The fraction of sp³-hybridized carbons (Fsp3) is 0.346. The molecule has 0 aliphatic carbocycles. The van der Waals surface area contributed by atoms with Crippen LogP contribution in [0.1, 0.15) is 24.9 Å². The van der Waals surface area contributed by atoms with Crippen LogP contribution >= 0.6 is 0 Å². The van der Waals surface area contributed by atoms with Gasteiger partial charge in [0.05, 0.1) is 29.8 Å². The number of ether oxygens (including phenoxy) is 3. The highest BCUT2D eigenvalue weighted by atomic mass is 19.1. The van der Waals surface area contributed by atoms with E-state index in [1.165, 1.54) is 0 Å². The average Bonchev–Trinajstić information content (AvgIpc) is 2.83. The number of anilines is 2. The number of likely N-dealkylation sites (tertiary alicyclic amines) is 1. The van der Waals surface area contributed by atoms with Crippen LogP contribution in [0.3, 0.4) is 0 Å². The van der Waals surface area contributed by atoms with Gasteiger partial charge in [0.15, 0.2) is 0 Å². The van der Waals surface area contributed by atoms with Crippen molar-refractivity contribution in [2.24, 2.45) is 0 Å². The summed E-state index contributed by atoms with van der Waals surface area (Å²) < 4.78 is 29.7. The third-order valence-electron chi connectivity index (χ3n) is 6.14. The zero-order valence-corrected chi connectivity index (χ0v) is 19.1. The van der Waals surface area contributed by atoms with Gasteiger partial charge in [0.1, 0.15) is 35.7 Å². The second-order valence-electron chi connectivity index (χ2n) is 8.55. The van der Waals surface area contributed by atoms with Crippen LogP contribution < -0.4 is 19.1 Å². The zero-order valence-electron chi connectivity index (χ0n) is 19.1. The number of pyridine rings is 1. The fourth-order valence-electron chi connectivity index (χ4n) is 4.53. The van der Waals surface area contributed by atoms with E-state index >= 15 is 0 Å². The molecule has 0 radical (unpaired) electrons. The molecule has 1 atom stereocenters. The van der Waals surface area contributed by atoms with Crippen molar-refractivity contribution < 1.29 is 23.7 Å². The number of hydrogen-bond acceptors (Lipinski definition) is 7. The van der Waals surface area contributed by atoms with Gasteiger partial charge in [-0.25, -0.2) is 4.39 Å². The lowest BCUT2D eigenvalue weighted by molar-refractivity contribution is 0.0201. The van der Waals surface area contributed by atoms with Gasteiger partial charge in [-0.2, -0.15) is 0 Å². The lowest BCUT2D eigenvalue weighted by Crippen LogP contribution is -2.53. The van der Waals surface area contributed by atoms with Gasteiger partial charge >= 0.3 is 0 Å². The molecule has 1 aromatic heterocycles. The van der Waals surface area contributed by atoms with Gasteiger partial charge in [0.2, 0.25) is 6.86 Å².